The fraction of sp³-hybridized carbons (Fsp3) is 0. The number of hydrogen-bond donors (Lipinski definition) is 1. The highest BCUT2D eigenvalue weighted by Crippen LogP contribution is 2.14. The molecule has 0 heterocycles. The highest BCUT2D eigenvalue weighted by atomic mass is 35.5. The maximum absolute atomic E-state index is 10.4. The fourth-order valence-electron chi connectivity index (χ4n) is 1.05. The first-order valence-electron chi connectivity index (χ1n) is 4.83. The normalized spacial score (nSPS) is 10.4. The molecule has 6 heteroatoms. The number of benzene rings is 2. The summed E-state index contributed by atoms with van der Waals surface area (Å²) in [6.45, 7) is 0. The minimum atomic E-state index is -4.00. The Bertz CT molecular complexity index is 580. The van der Waals surface area contributed by atoms with Gasteiger partial charge in [-0.15, -0.1) is 0 Å². The Morgan fingerprint density at radius 1 is 0.833 bits per heavy atom. The van der Waals surface area contributed by atoms with Crippen LogP contribution < -0.4 is 0 Å². The first-order chi connectivity index (χ1) is 8.39. The van der Waals surface area contributed by atoms with Crippen LogP contribution in [-0.2, 0) is 10.1 Å². The summed E-state index contributed by atoms with van der Waals surface area (Å²) in [6, 6.07) is 14.5. The van der Waals surface area contributed by atoms with Crippen LogP contribution in [0.3, 0.4) is 0 Å². The maximum Gasteiger partial charge on any atom is 0.294 e. The van der Waals surface area contributed by atoms with Crippen molar-refractivity contribution in [2.45, 2.75) is 4.90 Å². The Kier molecular flexibility index (Phi) is 5.62. The molecular weight excluding hydrogens is 295 g/mol. The fourth-order valence-corrected chi connectivity index (χ4v) is 1.99. The van der Waals surface area contributed by atoms with Crippen LogP contribution in [0.5, 0.6) is 0 Å². The third-order valence-corrected chi connectivity index (χ3v) is 3.17. The topological polar surface area (TPSA) is 54.4 Å². The number of rotatable bonds is 1. The van der Waals surface area contributed by atoms with E-state index in [9.17, 15) is 8.42 Å². The lowest BCUT2D eigenvalue weighted by Crippen LogP contribution is -1.96. The van der Waals surface area contributed by atoms with Crippen LogP contribution in [0.2, 0.25) is 10.0 Å². The van der Waals surface area contributed by atoms with Crippen LogP contribution in [0.25, 0.3) is 0 Å². The standard InChI is InChI=1S/C6H4Cl2.C6H6O3S/c7-5-2-1-3-6(8)4-5;7-10(8,9)6-4-2-1-3-5-6/h1-4H;1-5H,(H,7,8,9). The third kappa shape index (κ3) is 5.51. The molecule has 3 nitrogen and oxygen atoms in total. The highest BCUT2D eigenvalue weighted by Gasteiger charge is 2.05. The molecule has 0 radical (unpaired) electrons. The van der Waals surface area contributed by atoms with Crippen molar-refractivity contribution in [1.82, 2.24) is 0 Å². The minimum absolute atomic E-state index is 0.0741. The van der Waals surface area contributed by atoms with Crippen molar-refractivity contribution in [2.24, 2.45) is 0 Å². The van der Waals surface area contributed by atoms with Gasteiger partial charge in [0.2, 0.25) is 0 Å². The second-order valence-electron chi connectivity index (χ2n) is 3.23. The lowest BCUT2D eigenvalue weighted by atomic mass is 10.4. The smallest absolute Gasteiger partial charge is 0.282 e. The van der Waals surface area contributed by atoms with Crippen molar-refractivity contribution in [3.63, 3.8) is 0 Å². The minimum Gasteiger partial charge on any atom is -0.282 e. The predicted octanol–water partition coefficient (Wildman–Crippen LogP) is 3.93. The van der Waals surface area contributed by atoms with E-state index in [1.165, 1.54) is 12.1 Å². The summed E-state index contributed by atoms with van der Waals surface area (Å²) in [4.78, 5) is -0.0741. The maximum atomic E-state index is 10.4. The van der Waals surface area contributed by atoms with E-state index >= 15 is 0 Å². The van der Waals surface area contributed by atoms with Gasteiger partial charge in [-0.2, -0.15) is 8.42 Å². The molecule has 0 aromatic heterocycles. The quantitative estimate of drug-likeness (QED) is 0.812. The molecule has 0 aliphatic rings. The van der Waals surface area contributed by atoms with E-state index in [1.54, 1.807) is 36.4 Å². The Balaban J connectivity index is 0.000000184. The van der Waals surface area contributed by atoms with Crippen molar-refractivity contribution in [1.29, 1.82) is 0 Å². The second kappa shape index (κ2) is 6.75. The van der Waals surface area contributed by atoms with Gasteiger partial charge in [0.15, 0.2) is 0 Å². The van der Waals surface area contributed by atoms with Gasteiger partial charge in [-0.25, -0.2) is 0 Å². The van der Waals surface area contributed by atoms with E-state index in [1.807, 2.05) is 6.07 Å². The van der Waals surface area contributed by atoms with Gasteiger partial charge in [-0.1, -0.05) is 47.5 Å². The van der Waals surface area contributed by atoms with Gasteiger partial charge < -0.3 is 0 Å². The first-order valence-corrected chi connectivity index (χ1v) is 7.03. The van der Waals surface area contributed by atoms with Crippen molar-refractivity contribution >= 4 is 33.3 Å². The molecule has 0 fully saturated rings. The molecule has 0 aliphatic carbocycles. The molecule has 0 bridgehead atoms. The van der Waals surface area contributed by atoms with E-state index < -0.39 is 10.1 Å². The van der Waals surface area contributed by atoms with Crippen molar-refractivity contribution in [3.8, 4) is 0 Å². The Morgan fingerprint density at radius 3 is 1.61 bits per heavy atom. The predicted molar refractivity (Wildman–Crippen MR) is 72.7 cm³/mol. The van der Waals surface area contributed by atoms with Crippen LogP contribution in [0.4, 0.5) is 0 Å². The third-order valence-electron chi connectivity index (χ3n) is 1.83. The summed E-state index contributed by atoms with van der Waals surface area (Å²) in [5.74, 6) is 0. The van der Waals surface area contributed by atoms with Crippen LogP contribution in [-0.4, -0.2) is 13.0 Å². The molecule has 18 heavy (non-hydrogen) atoms. The van der Waals surface area contributed by atoms with E-state index in [4.69, 9.17) is 27.8 Å². The molecule has 0 unspecified atom stereocenters. The van der Waals surface area contributed by atoms with E-state index in [2.05, 4.69) is 0 Å². The van der Waals surface area contributed by atoms with E-state index in [0.29, 0.717) is 10.0 Å². The molecule has 0 amide bonds. The Hall–Kier alpha value is -1.07. The van der Waals surface area contributed by atoms with E-state index in [0.717, 1.165) is 0 Å². The van der Waals surface area contributed by atoms with Gasteiger partial charge >= 0.3 is 0 Å². The molecule has 2 aromatic rings. The molecule has 96 valence electrons. The second-order valence-corrected chi connectivity index (χ2v) is 5.52. The van der Waals surface area contributed by atoms with Crippen molar-refractivity contribution in [2.75, 3.05) is 0 Å². The highest BCUT2D eigenvalue weighted by molar-refractivity contribution is 7.85. The average molecular weight is 305 g/mol. The summed E-state index contributed by atoms with van der Waals surface area (Å²) in [5.41, 5.74) is 0. The summed E-state index contributed by atoms with van der Waals surface area (Å²) >= 11 is 11.1. The SMILES string of the molecule is Clc1cccc(Cl)c1.O=S(=O)(O)c1ccccc1. The van der Waals surface area contributed by atoms with Crippen LogP contribution in [0.1, 0.15) is 0 Å². The summed E-state index contributed by atoms with van der Waals surface area (Å²) in [7, 11) is -4.00. The van der Waals surface area contributed by atoms with Gasteiger partial charge in [-0.3, -0.25) is 4.55 Å². The zero-order valence-corrected chi connectivity index (χ0v) is 11.5. The lowest BCUT2D eigenvalue weighted by molar-refractivity contribution is 0.483. The van der Waals surface area contributed by atoms with Gasteiger partial charge in [0.05, 0.1) is 4.90 Å². The zero-order chi connectivity index (χ0) is 13.6. The molecule has 2 rings (SSSR count). The van der Waals surface area contributed by atoms with Crippen LogP contribution in [0, 0.1) is 0 Å². The Morgan fingerprint density at radius 2 is 1.33 bits per heavy atom. The van der Waals surface area contributed by atoms with Gasteiger partial charge in [-0.05, 0) is 30.3 Å². The summed E-state index contributed by atoms with van der Waals surface area (Å²) in [5, 5.41) is 1.36. The average Bonchev–Trinajstić information content (AvgIpc) is 2.29. The monoisotopic (exact) mass is 304 g/mol. The first kappa shape index (κ1) is 15.0. The zero-order valence-electron chi connectivity index (χ0n) is 9.12. The van der Waals surface area contributed by atoms with E-state index in [-0.39, 0.29) is 4.90 Å². The van der Waals surface area contributed by atoms with Gasteiger partial charge in [0, 0.05) is 10.0 Å². The van der Waals surface area contributed by atoms with Crippen molar-refractivity contribution < 1.29 is 13.0 Å². The van der Waals surface area contributed by atoms with Gasteiger partial charge in [0.1, 0.15) is 0 Å². The molecule has 1 N–H and O–H groups in total. The molecular formula is C12H10Cl2O3S. The molecule has 0 saturated heterocycles. The van der Waals surface area contributed by atoms with Crippen LogP contribution >= 0.6 is 23.2 Å². The largest absolute Gasteiger partial charge is 0.294 e. The molecule has 2 aromatic carbocycles. The molecule has 0 aliphatic heterocycles. The number of hydrogen-bond acceptors (Lipinski definition) is 2. The summed E-state index contributed by atoms with van der Waals surface area (Å²) < 4.78 is 29.2. The molecule has 0 spiro atoms. The summed E-state index contributed by atoms with van der Waals surface area (Å²) in [6.07, 6.45) is 0. The van der Waals surface area contributed by atoms with Gasteiger partial charge in [0.25, 0.3) is 10.1 Å². The van der Waals surface area contributed by atoms with Crippen LogP contribution in [0.15, 0.2) is 59.5 Å². The molecule has 0 atom stereocenters. The van der Waals surface area contributed by atoms with Crippen molar-refractivity contribution in [3.05, 3.63) is 64.6 Å². The Labute approximate surface area is 116 Å². The molecule has 0 saturated carbocycles. The lowest BCUT2D eigenvalue weighted by Gasteiger charge is -1.92. The number of halogens is 2.